The third-order valence-electron chi connectivity index (χ3n) is 4.21. The fourth-order valence-electron chi connectivity index (χ4n) is 2.87. The summed E-state index contributed by atoms with van der Waals surface area (Å²) in [6.07, 6.45) is 1.78. The minimum absolute atomic E-state index is 0.125. The molecule has 96 valence electrons. The van der Waals surface area contributed by atoms with Crippen LogP contribution in [-0.2, 0) is 12.8 Å². The average Bonchev–Trinajstić information content (AvgIpc) is 2.85. The Balaban J connectivity index is 1.85. The van der Waals surface area contributed by atoms with Crippen LogP contribution in [0.1, 0.15) is 32.6 Å². The molecule has 0 aromatic heterocycles. The SMILES string of the molecule is Cc1ccc(C(=O)C2Cc3ccccc3C2)cc1C. The number of benzene rings is 2. The van der Waals surface area contributed by atoms with Crippen LogP contribution in [0.2, 0.25) is 0 Å². The Kier molecular flexibility index (Phi) is 2.98. The minimum Gasteiger partial charge on any atom is -0.294 e. The number of hydrogen-bond donors (Lipinski definition) is 0. The normalized spacial score (nSPS) is 14.4. The van der Waals surface area contributed by atoms with Gasteiger partial charge in [-0.1, -0.05) is 36.4 Å². The molecule has 0 spiro atoms. The summed E-state index contributed by atoms with van der Waals surface area (Å²) in [6, 6.07) is 14.4. The number of carbonyl (C=O) groups excluding carboxylic acids is 1. The summed E-state index contributed by atoms with van der Waals surface area (Å²) in [5.41, 5.74) is 5.97. The highest BCUT2D eigenvalue weighted by molar-refractivity contribution is 5.98. The maximum absolute atomic E-state index is 12.6. The molecule has 2 aromatic carbocycles. The smallest absolute Gasteiger partial charge is 0.166 e. The lowest BCUT2D eigenvalue weighted by atomic mass is 9.93. The van der Waals surface area contributed by atoms with Gasteiger partial charge in [-0.25, -0.2) is 0 Å². The van der Waals surface area contributed by atoms with Crippen molar-refractivity contribution in [3.63, 3.8) is 0 Å². The van der Waals surface area contributed by atoms with E-state index in [4.69, 9.17) is 0 Å². The molecule has 0 unspecified atom stereocenters. The second-order valence-corrected chi connectivity index (χ2v) is 5.54. The van der Waals surface area contributed by atoms with Crippen molar-refractivity contribution in [1.82, 2.24) is 0 Å². The summed E-state index contributed by atoms with van der Waals surface area (Å²) < 4.78 is 0. The second-order valence-electron chi connectivity index (χ2n) is 5.54. The Morgan fingerprint density at radius 2 is 1.58 bits per heavy atom. The summed E-state index contributed by atoms with van der Waals surface area (Å²) in [5, 5.41) is 0. The highest BCUT2D eigenvalue weighted by Crippen LogP contribution is 2.29. The van der Waals surface area contributed by atoms with Crippen LogP contribution in [-0.4, -0.2) is 5.78 Å². The van der Waals surface area contributed by atoms with E-state index in [0.29, 0.717) is 5.78 Å². The first-order valence-electron chi connectivity index (χ1n) is 6.83. The van der Waals surface area contributed by atoms with Crippen LogP contribution in [0.3, 0.4) is 0 Å². The van der Waals surface area contributed by atoms with Gasteiger partial charge in [0, 0.05) is 11.5 Å². The molecular formula is C18H18O. The molecule has 0 bridgehead atoms. The van der Waals surface area contributed by atoms with Crippen LogP contribution >= 0.6 is 0 Å². The zero-order valence-electron chi connectivity index (χ0n) is 11.4. The molecule has 1 heteroatoms. The predicted molar refractivity (Wildman–Crippen MR) is 77.6 cm³/mol. The molecule has 19 heavy (non-hydrogen) atoms. The molecule has 0 N–H and O–H groups in total. The van der Waals surface area contributed by atoms with E-state index in [2.05, 4.69) is 38.1 Å². The Morgan fingerprint density at radius 1 is 0.947 bits per heavy atom. The molecule has 0 fully saturated rings. The van der Waals surface area contributed by atoms with E-state index < -0.39 is 0 Å². The quantitative estimate of drug-likeness (QED) is 0.739. The van der Waals surface area contributed by atoms with Crippen LogP contribution in [0.5, 0.6) is 0 Å². The number of rotatable bonds is 2. The maximum atomic E-state index is 12.6. The molecule has 0 saturated heterocycles. The largest absolute Gasteiger partial charge is 0.294 e. The molecular weight excluding hydrogens is 232 g/mol. The van der Waals surface area contributed by atoms with Crippen molar-refractivity contribution in [2.75, 3.05) is 0 Å². The Bertz CT molecular complexity index is 615. The van der Waals surface area contributed by atoms with Gasteiger partial charge in [0.2, 0.25) is 0 Å². The van der Waals surface area contributed by atoms with E-state index >= 15 is 0 Å². The van der Waals surface area contributed by atoms with E-state index in [1.165, 1.54) is 22.3 Å². The standard InChI is InChI=1S/C18H18O/c1-12-7-8-16(9-13(12)2)18(19)17-10-14-5-3-4-6-15(14)11-17/h3-9,17H,10-11H2,1-2H3. The van der Waals surface area contributed by atoms with Crippen molar-refractivity contribution in [2.24, 2.45) is 5.92 Å². The lowest BCUT2D eigenvalue weighted by molar-refractivity contribution is 0.0924. The van der Waals surface area contributed by atoms with E-state index in [-0.39, 0.29) is 5.92 Å². The molecule has 3 rings (SSSR count). The van der Waals surface area contributed by atoms with Gasteiger partial charge in [0.05, 0.1) is 0 Å². The van der Waals surface area contributed by atoms with E-state index in [1.807, 2.05) is 18.2 Å². The first-order chi connectivity index (χ1) is 9.15. The summed E-state index contributed by atoms with van der Waals surface area (Å²) in [6.45, 7) is 4.14. The molecule has 0 amide bonds. The molecule has 1 nitrogen and oxygen atoms in total. The number of ketones is 1. The Labute approximate surface area is 114 Å². The highest BCUT2D eigenvalue weighted by atomic mass is 16.1. The van der Waals surface area contributed by atoms with Gasteiger partial charge in [0.25, 0.3) is 0 Å². The van der Waals surface area contributed by atoms with Gasteiger partial charge >= 0.3 is 0 Å². The zero-order valence-corrected chi connectivity index (χ0v) is 11.4. The van der Waals surface area contributed by atoms with E-state index in [0.717, 1.165) is 18.4 Å². The first kappa shape index (κ1) is 12.2. The molecule has 0 aliphatic heterocycles. The first-order valence-corrected chi connectivity index (χ1v) is 6.83. The summed E-state index contributed by atoms with van der Waals surface area (Å²) in [4.78, 5) is 12.6. The summed E-state index contributed by atoms with van der Waals surface area (Å²) in [7, 11) is 0. The van der Waals surface area contributed by atoms with Gasteiger partial charge in [0.1, 0.15) is 0 Å². The van der Waals surface area contributed by atoms with Gasteiger partial charge in [-0.05, 0) is 55.0 Å². The molecule has 1 aliphatic carbocycles. The van der Waals surface area contributed by atoms with Gasteiger partial charge in [-0.3, -0.25) is 4.79 Å². The van der Waals surface area contributed by atoms with Crippen LogP contribution < -0.4 is 0 Å². The highest BCUT2D eigenvalue weighted by Gasteiger charge is 2.27. The minimum atomic E-state index is 0.125. The second kappa shape index (κ2) is 4.65. The molecule has 0 heterocycles. The molecule has 1 aliphatic rings. The third-order valence-corrected chi connectivity index (χ3v) is 4.21. The maximum Gasteiger partial charge on any atom is 0.166 e. The molecule has 0 atom stereocenters. The molecule has 2 aromatic rings. The van der Waals surface area contributed by atoms with Crippen molar-refractivity contribution < 1.29 is 4.79 Å². The monoisotopic (exact) mass is 250 g/mol. The number of fused-ring (bicyclic) bond motifs is 1. The van der Waals surface area contributed by atoms with Gasteiger partial charge < -0.3 is 0 Å². The van der Waals surface area contributed by atoms with Crippen molar-refractivity contribution in [2.45, 2.75) is 26.7 Å². The van der Waals surface area contributed by atoms with Crippen LogP contribution in [0, 0.1) is 19.8 Å². The number of hydrogen-bond acceptors (Lipinski definition) is 1. The predicted octanol–water partition coefficient (Wildman–Crippen LogP) is 3.90. The van der Waals surface area contributed by atoms with Gasteiger partial charge in [0.15, 0.2) is 5.78 Å². The van der Waals surface area contributed by atoms with Gasteiger partial charge in [-0.15, -0.1) is 0 Å². The lowest BCUT2D eigenvalue weighted by Crippen LogP contribution is -2.15. The fourth-order valence-corrected chi connectivity index (χ4v) is 2.87. The van der Waals surface area contributed by atoms with Crippen molar-refractivity contribution in [1.29, 1.82) is 0 Å². The van der Waals surface area contributed by atoms with E-state index in [9.17, 15) is 4.79 Å². The van der Waals surface area contributed by atoms with Crippen molar-refractivity contribution in [3.05, 3.63) is 70.3 Å². The number of aryl methyl sites for hydroxylation is 2. The molecule has 0 saturated carbocycles. The topological polar surface area (TPSA) is 17.1 Å². The zero-order chi connectivity index (χ0) is 13.4. The lowest BCUT2D eigenvalue weighted by Gasteiger charge is -2.09. The van der Waals surface area contributed by atoms with Crippen LogP contribution in [0.15, 0.2) is 42.5 Å². The van der Waals surface area contributed by atoms with Gasteiger partial charge in [-0.2, -0.15) is 0 Å². The van der Waals surface area contributed by atoms with E-state index in [1.54, 1.807) is 0 Å². The third kappa shape index (κ3) is 2.21. The Hall–Kier alpha value is -1.89. The summed E-state index contributed by atoms with van der Waals surface area (Å²) >= 11 is 0. The summed E-state index contributed by atoms with van der Waals surface area (Å²) in [5.74, 6) is 0.416. The number of carbonyl (C=O) groups is 1. The molecule has 0 radical (unpaired) electrons. The van der Waals surface area contributed by atoms with Crippen molar-refractivity contribution >= 4 is 5.78 Å². The van der Waals surface area contributed by atoms with Crippen LogP contribution in [0.4, 0.5) is 0 Å². The average molecular weight is 250 g/mol. The van der Waals surface area contributed by atoms with Crippen LogP contribution in [0.25, 0.3) is 0 Å². The fraction of sp³-hybridized carbons (Fsp3) is 0.278. The number of Topliss-reactive ketones (excluding diaryl/α,β-unsaturated/α-hetero) is 1. The Morgan fingerprint density at radius 3 is 2.16 bits per heavy atom. The van der Waals surface area contributed by atoms with Crippen molar-refractivity contribution in [3.8, 4) is 0 Å².